The first-order chi connectivity index (χ1) is 9.77. The van der Waals surface area contributed by atoms with E-state index in [2.05, 4.69) is 19.9 Å². The summed E-state index contributed by atoms with van der Waals surface area (Å²) < 4.78 is 27.5. The first kappa shape index (κ1) is 12.4. The molecule has 6 heteroatoms. The Kier molecular flexibility index (Phi) is 3.20. The molecule has 100 valence electrons. The van der Waals surface area contributed by atoms with Crippen molar-refractivity contribution in [3.63, 3.8) is 0 Å². The lowest BCUT2D eigenvalue weighted by molar-refractivity contribution is 0.496. The van der Waals surface area contributed by atoms with Crippen LogP contribution in [0.4, 0.5) is 8.78 Å². The van der Waals surface area contributed by atoms with Gasteiger partial charge in [-0.25, -0.2) is 23.7 Å². The van der Waals surface area contributed by atoms with Crippen LogP contribution in [0.25, 0.3) is 0 Å². The molecular formula is C14H10F2N4. The van der Waals surface area contributed by atoms with Gasteiger partial charge in [0.1, 0.15) is 6.33 Å². The molecule has 0 bridgehead atoms. The summed E-state index contributed by atoms with van der Waals surface area (Å²) >= 11 is 0. The number of rotatable bonds is 3. The van der Waals surface area contributed by atoms with Gasteiger partial charge in [0.05, 0.1) is 23.6 Å². The van der Waals surface area contributed by atoms with Gasteiger partial charge in [-0.3, -0.25) is 0 Å². The number of nitrogens with one attached hydrogen (secondary N) is 1. The molecule has 0 fully saturated rings. The van der Waals surface area contributed by atoms with E-state index in [0.717, 1.165) is 6.07 Å². The van der Waals surface area contributed by atoms with E-state index in [1.54, 1.807) is 18.5 Å². The highest BCUT2D eigenvalue weighted by atomic mass is 19.2. The highest BCUT2D eigenvalue weighted by molar-refractivity contribution is 5.37. The Morgan fingerprint density at radius 3 is 2.65 bits per heavy atom. The molecule has 2 aromatic heterocycles. The van der Waals surface area contributed by atoms with Gasteiger partial charge in [0, 0.05) is 18.0 Å². The van der Waals surface area contributed by atoms with Crippen molar-refractivity contribution in [1.29, 1.82) is 0 Å². The van der Waals surface area contributed by atoms with E-state index in [9.17, 15) is 8.78 Å². The third kappa shape index (κ3) is 2.16. The Hall–Kier alpha value is -2.63. The minimum atomic E-state index is -0.892. The summed E-state index contributed by atoms with van der Waals surface area (Å²) in [4.78, 5) is 14.9. The number of benzene rings is 1. The van der Waals surface area contributed by atoms with Gasteiger partial charge in [-0.1, -0.05) is 12.1 Å². The predicted octanol–water partition coefficient (Wildman–Crippen LogP) is 2.66. The van der Waals surface area contributed by atoms with Crippen molar-refractivity contribution in [3.8, 4) is 0 Å². The highest BCUT2D eigenvalue weighted by Crippen LogP contribution is 2.31. The van der Waals surface area contributed by atoms with Crippen LogP contribution in [0.5, 0.6) is 0 Å². The van der Waals surface area contributed by atoms with Crippen LogP contribution in [0.1, 0.15) is 22.9 Å². The molecule has 0 aliphatic rings. The van der Waals surface area contributed by atoms with Crippen LogP contribution in [0.3, 0.4) is 0 Å². The van der Waals surface area contributed by atoms with Crippen LogP contribution < -0.4 is 0 Å². The van der Waals surface area contributed by atoms with Gasteiger partial charge in [-0.2, -0.15) is 0 Å². The standard InChI is InChI=1S/C14H10F2N4/c15-10-3-1-2-9(14(10)16)13(12-6-18-8-20-12)11-4-5-17-7-19-11/h1-8,13H,(H,18,20). The molecule has 20 heavy (non-hydrogen) atoms. The fraction of sp³-hybridized carbons (Fsp3) is 0.0714. The van der Waals surface area contributed by atoms with E-state index in [4.69, 9.17) is 0 Å². The zero-order valence-corrected chi connectivity index (χ0v) is 10.3. The van der Waals surface area contributed by atoms with Crippen molar-refractivity contribution in [1.82, 2.24) is 19.9 Å². The molecule has 0 aliphatic heterocycles. The monoisotopic (exact) mass is 272 g/mol. The van der Waals surface area contributed by atoms with Crippen molar-refractivity contribution in [2.75, 3.05) is 0 Å². The predicted molar refractivity (Wildman–Crippen MR) is 67.9 cm³/mol. The van der Waals surface area contributed by atoms with E-state index < -0.39 is 17.6 Å². The molecule has 1 N–H and O–H groups in total. The lowest BCUT2D eigenvalue weighted by Gasteiger charge is -2.15. The summed E-state index contributed by atoms with van der Waals surface area (Å²) in [6.45, 7) is 0. The van der Waals surface area contributed by atoms with Crippen LogP contribution in [-0.4, -0.2) is 19.9 Å². The maximum absolute atomic E-state index is 14.1. The lowest BCUT2D eigenvalue weighted by Crippen LogP contribution is -2.09. The average molecular weight is 272 g/mol. The van der Waals surface area contributed by atoms with Gasteiger partial charge in [0.2, 0.25) is 0 Å². The van der Waals surface area contributed by atoms with Gasteiger partial charge < -0.3 is 4.98 Å². The second-order valence-electron chi connectivity index (χ2n) is 4.20. The van der Waals surface area contributed by atoms with E-state index in [-0.39, 0.29) is 5.56 Å². The van der Waals surface area contributed by atoms with Crippen LogP contribution in [0.2, 0.25) is 0 Å². The number of aromatic nitrogens is 4. The van der Waals surface area contributed by atoms with E-state index in [1.165, 1.54) is 24.8 Å². The largest absolute Gasteiger partial charge is 0.351 e. The van der Waals surface area contributed by atoms with E-state index >= 15 is 0 Å². The van der Waals surface area contributed by atoms with Crippen molar-refractivity contribution in [2.45, 2.75) is 5.92 Å². The van der Waals surface area contributed by atoms with Crippen LogP contribution in [0, 0.1) is 11.6 Å². The maximum atomic E-state index is 14.1. The molecule has 0 amide bonds. The Morgan fingerprint density at radius 2 is 1.95 bits per heavy atom. The molecule has 0 radical (unpaired) electrons. The Morgan fingerprint density at radius 1 is 1.05 bits per heavy atom. The minimum Gasteiger partial charge on any atom is -0.351 e. The molecule has 1 aromatic carbocycles. The summed E-state index contributed by atoms with van der Waals surface area (Å²) in [6, 6.07) is 5.73. The summed E-state index contributed by atoms with van der Waals surface area (Å²) in [5, 5.41) is 0. The second kappa shape index (κ2) is 5.16. The SMILES string of the molecule is Fc1cccc(C(c2ccncn2)c2c[nH]cn2)c1F. The number of hydrogen-bond donors (Lipinski definition) is 1. The number of aromatic amines is 1. The molecule has 0 aliphatic carbocycles. The Labute approximate surface area is 113 Å². The molecule has 0 saturated carbocycles. The molecule has 1 unspecified atom stereocenters. The van der Waals surface area contributed by atoms with Gasteiger partial charge >= 0.3 is 0 Å². The number of H-pyrrole nitrogens is 1. The molecular weight excluding hydrogens is 262 g/mol. The lowest BCUT2D eigenvalue weighted by atomic mass is 9.92. The van der Waals surface area contributed by atoms with Gasteiger partial charge in [-0.05, 0) is 12.1 Å². The number of nitrogens with zero attached hydrogens (tertiary/aromatic N) is 3. The molecule has 1 atom stereocenters. The molecule has 3 aromatic rings. The van der Waals surface area contributed by atoms with Crippen molar-refractivity contribution in [3.05, 3.63) is 77.9 Å². The van der Waals surface area contributed by atoms with Crippen molar-refractivity contribution >= 4 is 0 Å². The maximum Gasteiger partial charge on any atom is 0.163 e. The summed E-state index contributed by atoms with van der Waals surface area (Å²) in [7, 11) is 0. The van der Waals surface area contributed by atoms with E-state index in [1.807, 2.05) is 0 Å². The molecule has 3 rings (SSSR count). The third-order valence-corrected chi connectivity index (χ3v) is 3.01. The minimum absolute atomic E-state index is 0.191. The topological polar surface area (TPSA) is 54.5 Å². The fourth-order valence-electron chi connectivity index (χ4n) is 2.11. The van der Waals surface area contributed by atoms with E-state index in [0.29, 0.717) is 11.4 Å². The smallest absolute Gasteiger partial charge is 0.163 e. The first-order valence-corrected chi connectivity index (χ1v) is 5.96. The first-order valence-electron chi connectivity index (χ1n) is 5.96. The summed E-state index contributed by atoms with van der Waals surface area (Å²) in [6.07, 6.45) is 6.04. The Balaban J connectivity index is 2.19. The molecule has 0 saturated heterocycles. The molecule has 2 heterocycles. The Bertz CT molecular complexity index is 698. The number of halogens is 2. The normalized spacial score (nSPS) is 12.3. The second-order valence-corrected chi connectivity index (χ2v) is 4.20. The van der Waals surface area contributed by atoms with Crippen molar-refractivity contribution in [2.24, 2.45) is 0 Å². The third-order valence-electron chi connectivity index (χ3n) is 3.01. The zero-order chi connectivity index (χ0) is 13.9. The number of hydrogen-bond acceptors (Lipinski definition) is 3. The van der Waals surface area contributed by atoms with Crippen molar-refractivity contribution < 1.29 is 8.78 Å². The summed E-state index contributed by atoms with van der Waals surface area (Å²) in [5.74, 6) is -2.36. The van der Waals surface area contributed by atoms with Crippen LogP contribution in [-0.2, 0) is 0 Å². The molecule has 4 nitrogen and oxygen atoms in total. The zero-order valence-electron chi connectivity index (χ0n) is 10.3. The highest BCUT2D eigenvalue weighted by Gasteiger charge is 2.24. The van der Waals surface area contributed by atoms with Crippen LogP contribution >= 0.6 is 0 Å². The van der Waals surface area contributed by atoms with Gasteiger partial charge in [0.15, 0.2) is 11.6 Å². The fourth-order valence-corrected chi connectivity index (χ4v) is 2.11. The average Bonchev–Trinajstić information content (AvgIpc) is 2.99. The summed E-state index contributed by atoms with van der Waals surface area (Å²) in [5.41, 5.74) is 1.31. The number of imidazole rings is 1. The van der Waals surface area contributed by atoms with Gasteiger partial charge in [-0.15, -0.1) is 0 Å². The molecule has 0 spiro atoms. The quantitative estimate of drug-likeness (QED) is 0.797. The van der Waals surface area contributed by atoms with Crippen LogP contribution in [0.15, 0.2) is 49.3 Å². The van der Waals surface area contributed by atoms with Gasteiger partial charge in [0.25, 0.3) is 0 Å².